The highest BCUT2D eigenvalue weighted by atomic mass is 19.4. The molecule has 0 unspecified atom stereocenters. The minimum Gasteiger partial charge on any atom is -0.366 e. The van der Waals surface area contributed by atoms with Gasteiger partial charge in [-0.25, -0.2) is 0 Å². The van der Waals surface area contributed by atoms with E-state index < -0.39 is 23.2 Å². The Morgan fingerprint density at radius 2 is 2.00 bits per heavy atom. The van der Waals surface area contributed by atoms with E-state index in [1.54, 1.807) is 6.07 Å². The van der Waals surface area contributed by atoms with Crippen molar-refractivity contribution in [1.82, 2.24) is 0 Å². The van der Waals surface area contributed by atoms with Crippen LogP contribution in [0.3, 0.4) is 0 Å². The Balaban J connectivity index is 3.57. The Hall–Kier alpha value is -2.03. The Kier molecular flexibility index (Phi) is 2.90. The summed E-state index contributed by atoms with van der Waals surface area (Å²) in [5.41, 5.74) is 3.19. The smallest absolute Gasteiger partial charge is 0.366 e. The van der Waals surface area contributed by atoms with Crippen molar-refractivity contribution in [2.45, 2.75) is 13.1 Å². The van der Waals surface area contributed by atoms with Crippen molar-refractivity contribution in [3.05, 3.63) is 34.4 Å². The second kappa shape index (κ2) is 3.85. The van der Waals surface area contributed by atoms with Gasteiger partial charge in [-0.05, 0) is 24.6 Å². The van der Waals surface area contributed by atoms with Crippen molar-refractivity contribution >= 4 is 5.91 Å². The highest BCUT2D eigenvalue weighted by Gasteiger charge is 2.35. The SMILES string of the molecule is Cc1cc(C(F)(F)F)c(C(N)=O)cc1C#N. The van der Waals surface area contributed by atoms with Gasteiger partial charge in [-0.1, -0.05) is 0 Å². The number of nitriles is 1. The Morgan fingerprint density at radius 3 is 2.38 bits per heavy atom. The first-order valence-electron chi connectivity index (χ1n) is 4.19. The lowest BCUT2D eigenvalue weighted by Crippen LogP contribution is -2.19. The summed E-state index contributed by atoms with van der Waals surface area (Å²) in [5, 5.41) is 8.63. The summed E-state index contributed by atoms with van der Waals surface area (Å²) < 4.78 is 37.6. The number of nitrogens with two attached hydrogens (primary N) is 1. The number of benzene rings is 1. The number of carbonyl (C=O) groups is 1. The molecule has 16 heavy (non-hydrogen) atoms. The number of hydrogen-bond acceptors (Lipinski definition) is 2. The Labute approximate surface area is 89.3 Å². The number of amides is 1. The molecule has 0 fully saturated rings. The van der Waals surface area contributed by atoms with Gasteiger partial charge in [0.15, 0.2) is 0 Å². The predicted octanol–water partition coefficient (Wildman–Crippen LogP) is 1.98. The normalized spacial score (nSPS) is 10.9. The van der Waals surface area contributed by atoms with E-state index in [9.17, 15) is 18.0 Å². The van der Waals surface area contributed by atoms with Gasteiger partial charge in [0, 0.05) is 0 Å². The van der Waals surface area contributed by atoms with Crippen molar-refractivity contribution in [2.24, 2.45) is 5.73 Å². The van der Waals surface area contributed by atoms with Crippen molar-refractivity contribution in [2.75, 3.05) is 0 Å². The van der Waals surface area contributed by atoms with Crippen LogP contribution in [-0.4, -0.2) is 5.91 Å². The van der Waals surface area contributed by atoms with Gasteiger partial charge < -0.3 is 5.73 Å². The predicted molar refractivity (Wildman–Crippen MR) is 49.4 cm³/mol. The minimum absolute atomic E-state index is 0.00167. The fourth-order valence-electron chi connectivity index (χ4n) is 1.27. The first-order valence-corrected chi connectivity index (χ1v) is 4.19. The third-order valence-electron chi connectivity index (χ3n) is 2.06. The highest BCUT2D eigenvalue weighted by molar-refractivity contribution is 5.95. The van der Waals surface area contributed by atoms with Crippen LogP contribution in [0.15, 0.2) is 12.1 Å². The standard InChI is InChI=1S/C10H7F3N2O/c1-5-2-8(10(11,12)13)7(9(15)16)3-6(5)4-14/h2-3H,1H3,(H2,15,16). The molecule has 0 aliphatic carbocycles. The largest absolute Gasteiger partial charge is 0.417 e. The average molecular weight is 228 g/mol. The van der Waals surface area contributed by atoms with Gasteiger partial charge >= 0.3 is 6.18 Å². The molecule has 3 nitrogen and oxygen atoms in total. The van der Waals surface area contributed by atoms with Gasteiger partial charge in [0.1, 0.15) is 0 Å². The van der Waals surface area contributed by atoms with Crippen LogP contribution in [0.5, 0.6) is 0 Å². The summed E-state index contributed by atoms with van der Waals surface area (Å²) in [6, 6.07) is 3.30. The van der Waals surface area contributed by atoms with Gasteiger partial charge in [0.25, 0.3) is 0 Å². The van der Waals surface area contributed by atoms with E-state index in [4.69, 9.17) is 11.0 Å². The molecular formula is C10H7F3N2O. The lowest BCUT2D eigenvalue weighted by Gasteiger charge is -2.12. The summed E-state index contributed by atoms with van der Waals surface area (Å²) in [7, 11) is 0. The van der Waals surface area contributed by atoms with Crippen molar-refractivity contribution < 1.29 is 18.0 Å². The number of nitrogens with zero attached hydrogens (tertiary/aromatic N) is 1. The molecule has 0 heterocycles. The number of carbonyl (C=O) groups excluding carboxylic acids is 1. The summed E-state index contributed by atoms with van der Waals surface area (Å²) >= 11 is 0. The van der Waals surface area contributed by atoms with Gasteiger partial charge in [0.05, 0.1) is 22.8 Å². The number of hydrogen-bond donors (Lipinski definition) is 1. The number of primary amides is 1. The van der Waals surface area contributed by atoms with E-state index in [1.165, 1.54) is 6.92 Å². The molecule has 1 amide bonds. The van der Waals surface area contributed by atoms with Crippen molar-refractivity contribution in [3.63, 3.8) is 0 Å². The molecule has 0 bridgehead atoms. The third kappa shape index (κ3) is 2.14. The van der Waals surface area contributed by atoms with Crippen LogP contribution in [0.25, 0.3) is 0 Å². The summed E-state index contributed by atoms with van der Waals surface area (Å²) in [5.74, 6) is -1.20. The molecule has 0 saturated heterocycles. The Morgan fingerprint density at radius 1 is 1.44 bits per heavy atom. The maximum atomic E-state index is 12.5. The molecule has 0 aliphatic heterocycles. The van der Waals surface area contributed by atoms with E-state index in [2.05, 4.69) is 0 Å². The van der Waals surface area contributed by atoms with E-state index in [0.29, 0.717) is 0 Å². The van der Waals surface area contributed by atoms with Crippen molar-refractivity contribution in [3.8, 4) is 6.07 Å². The maximum absolute atomic E-state index is 12.5. The molecule has 1 rings (SSSR count). The first kappa shape index (κ1) is 12.0. The highest BCUT2D eigenvalue weighted by Crippen LogP contribution is 2.33. The quantitative estimate of drug-likeness (QED) is 0.798. The Bertz CT molecular complexity index is 486. The van der Waals surface area contributed by atoms with Gasteiger partial charge in [-0.2, -0.15) is 18.4 Å². The van der Waals surface area contributed by atoms with Crippen molar-refractivity contribution in [1.29, 1.82) is 5.26 Å². The lowest BCUT2D eigenvalue weighted by molar-refractivity contribution is -0.137. The lowest BCUT2D eigenvalue weighted by atomic mass is 9.99. The molecule has 0 radical (unpaired) electrons. The molecule has 0 spiro atoms. The second-order valence-electron chi connectivity index (χ2n) is 3.19. The minimum atomic E-state index is -4.66. The number of rotatable bonds is 1. The number of halogens is 3. The van der Waals surface area contributed by atoms with Crippen LogP contribution in [0.1, 0.15) is 27.0 Å². The number of alkyl halides is 3. The molecule has 6 heteroatoms. The maximum Gasteiger partial charge on any atom is 0.417 e. The zero-order valence-electron chi connectivity index (χ0n) is 8.22. The molecule has 1 aromatic carbocycles. The molecule has 2 N–H and O–H groups in total. The molecule has 1 aromatic rings. The van der Waals surface area contributed by atoms with Crippen LogP contribution in [0.4, 0.5) is 13.2 Å². The van der Waals surface area contributed by atoms with Gasteiger partial charge in [-0.15, -0.1) is 0 Å². The number of aryl methyl sites for hydroxylation is 1. The van der Waals surface area contributed by atoms with Crippen LogP contribution >= 0.6 is 0 Å². The van der Waals surface area contributed by atoms with E-state index in [0.717, 1.165) is 12.1 Å². The topological polar surface area (TPSA) is 66.9 Å². The molecule has 0 aromatic heterocycles. The van der Waals surface area contributed by atoms with E-state index >= 15 is 0 Å². The van der Waals surface area contributed by atoms with Gasteiger partial charge in [0.2, 0.25) is 5.91 Å². The van der Waals surface area contributed by atoms with Gasteiger partial charge in [-0.3, -0.25) is 4.79 Å². The van der Waals surface area contributed by atoms with E-state index in [-0.39, 0.29) is 11.1 Å². The monoisotopic (exact) mass is 228 g/mol. The zero-order valence-corrected chi connectivity index (χ0v) is 8.22. The molecule has 0 saturated carbocycles. The fraction of sp³-hybridized carbons (Fsp3) is 0.200. The van der Waals surface area contributed by atoms with Crippen LogP contribution in [-0.2, 0) is 6.18 Å². The second-order valence-corrected chi connectivity index (χ2v) is 3.19. The summed E-state index contributed by atoms with van der Waals surface area (Å²) in [6.45, 7) is 1.36. The molecule has 0 atom stereocenters. The van der Waals surface area contributed by atoms with E-state index in [1.807, 2.05) is 0 Å². The van der Waals surface area contributed by atoms with Crippen LogP contribution in [0, 0.1) is 18.3 Å². The zero-order chi connectivity index (χ0) is 12.5. The molecular weight excluding hydrogens is 221 g/mol. The molecule has 84 valence electrons. The van der Waals surface area contributed by atoms with Crippen LogP contribution < -0.4 is 5.73 Å². The molecule has 0 aliphatic rings. The summed E-state index contributed by atoms with van der Waals surface area (Å²) in [4.78, 5) is 10.9. The first-order chi connectivity index (χ1) is 7.27. The fourth-order valence-corrected chi connectivity index (χ4v) is 1.27. The average Bonchev–Trinajstić information content (AvgIpc) is 2.15. The summed E-state index contributed by atoms with van der Waals surface area (Å²) in [6.07, 6.45) is -4.66. The third-order valence-corrected chi connectivity index (χ3v) is 2.06. The van der Waals surface area contributed by atoms with Crippen LogP contribution in [0.2, 0.25) is 0 Å².